The quantitative estimate of drug-likeness (QED) is 0.727. The van der Waals surface area contributed by atoms with Crippen LogP contribution in [0, 0.1) is 13.8 Å². The molecule has 1 aromatic heterocycles. The molecule has 0 aliphatic heterocycles. The number of aromatic nitrogens is 2. The predicted octanol–water partition coefficient (Wildman–Crippen LogP) is 1.09. The lowest BCUT2D eigenvalue weighted by Crippen LogP contribution is -2.42. The number of amides is 2. The van der Waals surface area contributed by atoms with Gasteiger partial charge >= 0.3 is 12.0 Å². The number of carbonyl (C=O) groups is 2. The van der Waals surface area contributed by atoms with Crippen molar-refractivity contribution < 1.29 is 14.7 Å². The second-order valence-corrected chi connectivity index (χ2v) is 4.80. The first kappa shape index (κ1) is 16.0. The van der Waals surface area contributed by atoms with Gasteiger partial charge in [-0.3, -0.25) is 9.48 Å². The van der Waals surface area contributed by atoms with E-state index in [0.717, 1.165) is 17.0 Å². The highest BCUT2D eigenvalue weighted by molar-refractivity contribution is 5.75. The zero-order valence-electron chi connectivity index (χ0n) is 12.4. The molecular formula is C13H22N4O3. The molecule has 1 heterocycles. The predicted molar refractivity (Wildman–Crippen MR) is 74.4 cm³/mol. The lowest BCUT2D eigenvalue weighted by Gasteiger charge is -2.15. The van der Waals surface area contributed by atoms with Crippen molar-refractivity contribution in [1.29, 1.82) is 0 Å². The van der Waals surface area contributed by atoms with E-state index >= 15 is 0 Å². The minimum atomic E-state index is -0.920. The number of aliphatic carboxylic acids is 1. The van der Waals surface area contributed by atoms with Crippen LogP contribution in [0.5, 0.6) is 0 Å². The van der Waals surface area contributed by atoms with Crippen molar-refractivity contribution in [2.45, 2.75) is 46.2 Å². The maximum absolute atomic E-state index is 11.8. The van der Waals surface area contributed by atoms with Gasteiger partial charge in [0.05, 0.1) is 12.1 Å². The third kappa shape index (κ3) is 4.25. The minimum Gasteiger partial charge on any atom is -0.481 e. The zero-order valence-corrected chi connectivity index (χ0v) is 12.4. The number of carbonyl (C=O) groups excluding carboxylic acids is 1. The smallest absolute Gasteiger partial charge is 0.315 e. The van der Waals surface area contributed by atoms with Crippen molar-refractivity contribution in [1.82, 2.24) is 20.4 Å². The van der Waals surface area contributed by atoms with E-state index < -0.39 is 5.97 Å². The maximum atomic E-state index is 11.8. The summed E-state index contributed by atoms with van der Waals surface area (Å²) in [6.07, 6.45) is 0.500. The van der Waals surface area contributed by atoms with Gasteiger partial charge in [-0.1, -0.05) is 6.92 Å². The number of aryl methyl sites for hydroxylation is 2. The van der Waals surface area contributed by atoms with E-state index in [0.29, 0.717) is 13.0 Å². The Hall–Kier alpha value is -2.05. The summed E-state index contributed by atoms with van der Waals surface area (Å²) in [6, 6.07) is -0.718. The van der Waals surface area contributed by atoms with Gasteiger partial charge < -0.3 is 15.7 Å². The van der Waals surface area contributed by atoms with Crippen molar-refractivity contribution in [3.63, 3.8) is 0 Å². The molecule has 1 unspecified atom stereocenters. The summed E-state index contributed by atoms with van der Waals surface area (Å²) < 4.78 is 1.77. The van der Waals surface area contributed by atoms with Crippen LogP contribution in [0.15, 0.2) is 0 Å². The summed E-state index contributed by atoms with van der Waals surface area (Å²) in [6.45, 7) is 6.04. The van der Waals surface area contributed by atoms with E-state index in [2.05, 4.69) is 15.7 Å². The molecule has 112 valence electrons. The third-order valence-corrected chi connectivity index (χ3v) is 3.33. The molecule has 0 spiro atoms. The Balaban J connectivity index is 2.52. The fourth-order valence-electron chi connectivity index (χ4n) is 1.99. The maximum Gasteiger partial charge on any atom is 0.315 e. The SMILES string of the molecule is CCC(CC(=O)O)NC(=O)NCc1c(C)nn(C)c1C. The van der Waals surface area contributed by atoms with E-state index in [9.17, 15) is 9.59 Å². The summed E-state index contributed by atoms with van der Waals surface area (Å²) in [5.74, 6) is -0.920. The third-order valence-electron chi connectivity index (χ3n) is 3.33. The molecular weight excluding hydrogens is 260 g/mol. The van der Waals surface area contributed by atoms with Crippen LogP contribution in [0.1, 0.15) is 36.7 Å². The molecule has 1 aromatic rings. The van der Waals surface area contributed by atoms with Crippen LogP contribution in [0.3, 0.4) is 0 Å². The molecule has 1 atom stereocenters. The van der Waals surface area contributed by atoms with Crippen molar-refractivity contribution >= 4 is 12.0 Å². The molecule has 2 amide bonds. The second kappa shape index (κ2) is 6.93. The number of hydrogen-bond donors (Lipinski definition) is 3. The molecule has 1 rings (SSSR count). The summed E-state index contributed by atoms with van der Waals surface area (Å²) in [5, 5.41) is 18.4. The second-order valence-electron chi connectivity index (χ2n) is 4.80. The topological polar surface area (TPSA) is 96.2 Å². The van der Waals surface area contributed by atoms with Gasteiger partial charge in [-0.05, 0) is 20.3 Å². The van der Waals surface area contributed by atoms with Crippen LogP contribution < -0.4 is 10.6 Å². The van der Waals surface area contributed by atoms with Crippen molar-refractivity contribution in [2.24, 2.45) is 7.05 Å². The molecule has 3 N–H and O–H groups in total. The van der Waals surface area contributed by atoms with E-state index in [4.69, 9.17) is 5.11 Å². The molecule has 7 nitrogen and oxygen atoms in total. The Kier molecular flexibility index (Phi) is 5.54. The summed E-state index contributed by atoms with van der Waals surface area (Å²) >= 11 is 0. The molecule has 20 heavy (non-hydrogen) atoms. The lowest BCUT2D eigenvalue weighted by molar-refractivity contribution is -0.137. The molecule has 0 aliphatic rings. The monoisotopic (exact) mass is 282 g/mol. The number of urea groups is 1. The number of hydrogen-bond acceptors (Lipinski definition) is 3. The summed E-state index contributed by atoms with van der Waals surface area (Å²) in [7, 11) is 1.85. The van der Waals surface area contributed by atoms with E-state index in [1.165, 1.54) is 0 Å². The van der Waals surface area contributed by atoms with Crippen LogP contribution in [-0.4, -0.2) is 32.9 Å². The fourth-order valence-corrected chi connectivity index (χ4v) is 1.99. The van der Waals surface area contributed by atoms with Crippen molar-refractivity contribution in [3.8, 4) is 0 Å². The van der Waals surface area contributed by atoms with Gasteiger partial charge in [0.1, 0.15) is 0 Å². The van der Waals surface area contributed by atoms with Crippen LogP contribution in [0.4, 0.5) is 4.79 Å². The average Bonchev–Trinajstić information content (AvgIpc) is 2.60. The van der Waals surface area contributed by atoms with Crippen LogP contribution in [0.2, 0.25) is 0 Å². The molecule has 0 saturated carbocycles. The molecule has 0 fully saturated rings. The van der Waals surface area contributed by atoms with E-state index in [1.54, 1.807) is 4.68 Å². The van der Waals surface area contributed by atoms with Gasteiger partial charge in [0.15, 0.2) is 0 Å². The fraction of sp³-hybridized carbons (Fsp3) is 0.615. The Morgan fingerprint density at radius 2 is 2.05 bits per heavy atom. The van der Waals surface area contributed by atoms with Crippen LogP contribution in [0.25, 0.3) is 0 Å². The van der Waals surface area contributed by atoms with E-state index in [-0.39, 0.29) is 18.5 Å². The highest BCUT2D eigenvalue weighted by Gasteiger charge is 2.15. The molecule has 0 bridgehead atoms. The normalized spacial score (nSPS) is 12.0. The summed E-state index contributed by atoms with van der Waals surface area (Å²) in [5.41, 5.74) is 2.86. The number of carboxylic acids is 1. The van der Waals surface area contributed by atoms with Gasteiger partial charge in [-0.25, -0.2) is 4.79 Å². The van der Waals surface area contributed by atoms with Crippen molar-refractivity contribution in [3.05, 3.63) is 17.0 Å². The first-order chi connectivity index (χ1) is 9.35. The Morgan fingerprint density at radius 3 is 2.50 bits per heavy atom. The molecule has 7 heteroatoms. The highest BCUT2D eigenvalue weighted by Crippen LogP contribution is 2.11. The minimum absolute atomic E-state index is 0.0745. The standard InChI is InChI=1S/C13H22N4O3/c1-5-10(6-12(18)19)15-13(20)14-7-11-8(2)16-17(4)9(11)3/h10H,5-7H2,1-4H3,(H,18,19)(H2,14,15,20). The van der Waals surface area contributed by atoms with Gasteiger partial charge in [-0.15, -0.1) is 0 Å². The van der Waals surface area contributed by atoms with Crippen molar-refractivity contribution in [2.75, 3.05) is 0 Å². The number of rotatable bonds is 6. The first-order valence-electron chi connectivity index (χ1n) is 6.60. The van der Waals surface area contributed by atoms with Gasteiger partial charge in [0.2, 0.25) is 0 Å². The summed E-state index contributed by atoms with van der Waals surface area (Å²) in [4.78, 5) is 22.4. The molecule has 0 aromatic carbocycles. The molecule has 0 radical (unpaired) electrons. The average molecular weight is 282 g/mol. The largest absolute Gasteiger partial charge is 0.481 e. The number of nitrogens with one attached hydrogen (secondary N) is 2. The lowest BCUT2D eigenvalue weighted by atomic mass is 10.1. The first-order valence-corrected chi connectivity index (χ1v) is 6.60. The zero-order chi connectivity index (χ0) is 15.3. The Labute approximate surface area is 118 Å². The Bertz CT molecular complexity index is 496. The number of nitrogens with zero attached hydrogens (tertiary/aromatic N) is 2. The Morgan fingerprint density at radius 1 is 1.40 bits per heavy atom. The molecule has 0 saturated heterocycles. The molecule has 0 aliphatic carbocycles. The highest BCUT2D eigenvalue weighted by atomic mass is 16.4. The van der Waals surface area contributed by atoms with E-state index in [1.807, 2.05) is 27.8 Å². The van der Waals surface area contributed by atoms with Crippen LogP contribution >= 0.6 is 0 Å². The number of carboxylic acid groups (broad SMARTS) is 1. The van der Waals surface area contributed by atoms with Crippen LogP contribution in [-0.2, 0) is 18.4 Å². The van der Waals surface area contributed by atoms with Gasteiger partial charge in [-0.2, -0.15) is 5.10 Å². The van der Waals surface area contributed by atoms with Gasteiger partial charge in [0, 0.05) is 30.9 Å². The van der Waals surface area contributed by atoms with Gasteiger partial charge in [0.25, 0.3) is 0 Å².